The molecule has 0 bridgehead atoms. The molecular formula is C10H14O3S. The van der Waals surface area contributed by atoms with Crippen molar-refractivity contribution in [1.82, 2.24) is 0 Å². The molecule has 3 nitrogen and oxygen atoms in total. The quantitative estimate of drug-likeness (QED) is 0.786. The van der Waals surface area contributed by atoms with Gasteiger partial charge in [-0.15, -0.1) is 11.3 Å². The lowest BCUT2D eigenvalue weighted by atomic mass is 10.2. The molecule has 0 aliphatic heterocycles. The predicted molar refractivity (Wildman–Crippen MR) is 56.1 cm³/mol. The summed E-state index contributed by atoms with van der Waals surface area (Å²) in [6.07, 6.45) is 0.733. The first kappa shape index (κ1) is 11.0. The van der Waals surface area contributed by atoms with E-state index in [2.05, 4.69) is 0 Å². The molecule has 0 spiro atoms. The topological polar surface area (TPSA) is 46.5 Å². The van der Waals surface area contributed by atoms with E-state index in [4.69, 9.17) is 4.74 Å². The van der Waals surface area contributed by atoms with Gasteiger partial charge in [-0.05, 0) is 20.3 Å². The summed E-state index contributed by atoms with van der Waals surface area (Å²) in [4.78, 5) is 13.1. The van der Waals surface area contributed by atoms with Crippen LogP contribution in [0.4, 0.5) is 0 Å². The normalized spacial score (nSPS) is 10.2. The number of hydrogen-bond acceptors (Lipinski definition) is 4. The maximum absolute atomic E-state index is 11.4. The maximum atomic E-state index is 11.4. The Morgan fingerprint density at radius 1 is 1.50 bits per heavy atom. The van der Waals surface area contributed by atoms with Crippen molar-refractivity contribution in [3.63, 3.8) is 0 Å². The first-order chi connectivity index (χ1) is 6.61. The van der Waals surface area contributed by atoms with Gasteiger partial charge in [0.1, 0.15) is 11.3 Å². The summed E-state index contributed by atoms with van der Waals surface area (Å²) >= 11 is 1.44. The van der Waals surface area contributed by atoms with Crippen LogP contribution >= 0.6 is 11.3 Å². The summed E-state index contributed by atoms with van der Waals surface area (Å²) in [7, 11) is 0. The van der Waals surface area contributed by atoms with Crippen molar-refractivity contribution in [3.8, 4) is 5.75 Å². The molecule has 0 atom stereocenters. The molecule has 0 amide bonds. The van der Waals surface area contributed by atoms with Crippen LogP contribution in [0.3, 0.4) is 0 Å². The fourth-order valence-electron chi connectivity index (χ4n) is 1.27. The second-order valence-electron chi connectivity index (χ2n) is 2.88. The number of aromatic hydroxyl groups is 1. The van der Waals surface area contributed by atoms with Crippen LogP contribution in [0.15, 0.2) is 0 Å². The van der Waals surface area contributed by atoms with E-state index in [0.29, 0.717) is 12.2 Å². The largest absolute Gasteiger partial charge is 0.506 e. The monoisotopic (exact) mass is 214 g/mol. The Balaban J connectivity index is 3.07. The second-order valence-corrected chi connectivity index (χ2v) is 4.19. The Bertz CT molecular complexity index is 341. The summed E-state index contributed by atoms with van der Waals surface area (Å²) in [5.74, 6) is -0.341. The highest BCUT2D eigenvalue weighted by Crippen LogP contribution is 2.34. The zero-order chi connectivity index (χ0) is 10.7. The van der Waals surface area contributed by atoms with Gasteiger partial charge in [-0.25, -0.2) is 4.79 Å². The van der Waals surface area contributed by atoms with Gasteiger partial charge in [0.25, 0.3) is 0 Å². The lowest BCUT2D eigenvalue weighted by molar-refractivity contribution is 0.0523. The smallest absolute Gasteiger partial charge is 0.343 e. The third-order valence-corrected chi connectivity index (χ3v) is 3.17. The Morgan fingerprint density at radius 2 is 2.14 bits per heavy atom. The molecule has 0 aliphatic rings. The molecule has 1 N–H and O–H groups in total. The molecule has 0 aromatic carbocycles. The molecule has 1 aromatic rings. The van der Waals surface area contributed by atoms with Gasteiger partial charge in [0.15, 0.2) is 0 Å². The van der Waals surface area contributed by atoms with Crippen LogP contribution in [0.5, 0.6) is 5.75 Å². The van der Waals surface area contributed by atoms with E-state index in [1.54, 1.807) is 6.92 Å². The lowest BCUT2D eigenvalue weighted by Crippen LogP contribution is -2.04. The van der Waals surface area contributed by atoms with Crippen LogP contribution < -0.4 is 0 Å². The minimum Gasteiger partial charge on any atom is -0.506 e. The van der Waals surface area contributed by atoms with Crippen molar-refractivity contribution in [3.05, 3.63) is 15.3 Å². The fourth-order valence-corrected chi connectivity index (χ4v) is 2.27. The molecule has 0 unspecified atom stereocenters. The van der Waals surface area contributed by atoms with Crippen LogP contribution in [0.25, 0.3) is 0 Å². The summed E-state index contributed by atoms with van der Waals surface area (Å²) in [6.45, 7) is 5.84. The molecule has 0 saturated heterocycles. The summed E-state index contributed by atoms with van der Waals surface area (Å²) in [5, 5.41) is 9.72. The second kappa shape index (κ2) is 4.46. The number of ether oxygens (including phenoxy) is 1. The molecule has 4 heteroatoms. The Hall–Kier alpha value is -1.03. The van der Waals surface area contributed by atoms with Crippen molar-refractivity contribution in [1.29, 1.82) is 0 Å². The fraction of sp³-hybridized carbons (Fsp3) is 0.500. The first-order valence-corrected chi connectivity index (χ1v) is 5.41. The first-order valence-electron chi connectivity index (χ1n) is 4.60. The van der Waals surface area contributed by atoms with E-state index in [0.717, 1.165) is 16.2 Å². The molecule has 0 fully saturated rings. The third kappa shape index (κ3) is 1.90. The zero-order valence-electron chi connectivity index (χ0n) is 8.59. The van der Waals surface area contributed by atoms with E-state index < -0.39 is 5.97 Å². The highest BCUT2D eigenvalue weighted by atomic mass is 32.1. The Kier molecular flexibility index (Phi) is 3.52. The molecule has 0 radical (unpaired) electrons. The minimum absolute atomic E-state index is 0.0912. The third-order valence-electron chi connectivity index (χ3n) is 1.93. The standard InChI is InChI=1S/C10H14O3S/c1-4-7-9(11)8(6(3)14-7)10(12)13-5-2/h11H,4-5H2,1-3H3. The van der Waals surface area contributed by atoms with Crippen molar-refractivity contribution in [2.45, 2.75) is 27.2 Å². The average Bonchev–Trinajstić information content (AvgIpc) is 2.41. The van der Waals surface area contributed by atoms with Crippen LogP contribution in [0, 0.1) is 6.92 Å². The summed E-state index contributed by atoms with van der Waals surface area (Å²) in [5.41, 5.74) is 0.328. The highest BCUT2D eigenvalue weighted by Gasteiger charge is 2.20. The van der Waals surface area contributed by atoms with E-state index in [9.17, 15) is 9.90 Å². The Labute approximate surface area is 87.3 Å². The van der Waals surface area contributed by atoms with Crippen molar-refractivity contribution in [2.75, 3.05) is 6.61 Å². The van der Waals surface area contributed by atoms with Crippen LogP contribution in [-0.4, -0.2) is 17.7 Å². The molecule has 0 saturated carbocycles. The van der Waals surface area contributed by atoms with Gasteiger partial charge in [0.2, 0.25) is 0 Å². The van der Waals surface area contributed by atoms with Gasteiger partial charge in [0.05, 0.1) is 6.61 Å². The van der Waals surface area contributed by atoms with E-state index >= 15 is 0 Å². The molecule has 1 rings (SSSR count). The Morgan fingerprint density at radius 3 is 2.57 bits per heavy atom. The molecule has 78 valence electrons. The number of aryl methyl sites for hydroxylation is 2. The van der Waals surface area contributed by atoms with Crippen molar-refractivity contribution in [2.24, 2.45) is 0 Å². The predicted octanol–water partition coefficient (Wildman–Crippen LogP) is 2.50. The molecule has 1 aromatic heterocycles. The summed E-state index contributed by atoms with van der Waals surface area (Å²) < 4.78 is 4.86. The van der Waals surface area contributed by atoms with Gasteiger partial charge < -0.3 is 9.84 Å². The van der Waals surface area contributed by atoms with Gasteiger partial charge in [0, 0.05) is 9.75 Å². The van der Waals surface area contributed by atoms with Crippen molar-refractivity contribution >= 4 is 17.3 Å². The number of thiophene rings is 1. The number of hydrogen-bond donors (Lipinski definition) is 1. The lowest BCUT2D eigenvalue weighted by Gasteiger charge is -2.01. The number of carbonyl (C=O) groups is 1. The van der Waals surface area contributed by atoms with Gasteiger partial charge in [-0.1, -0.05) is 6.92 Å². The number of esters is 1. The number of rotatable bonds is 3. The molecular weight excluding hydrogens is 200 g/mol. The zero-order valence-corrected chi connectivity index (χ0v) is 9.40. The van der Waals surface area contributed by atoms with E-state index in [-0.39, 0.29) is 5.75 Å². The molecule has 14 heavy (non-hydrogen) atoms. The van der Waals surface area contributed by atoms with E-state index in [1.807, 2.05) is 13.8 Å². The van der Waals surface area contributed by atoms with Crippen LogP contribution in [-0.2, 0) is 11.2 Å². The summed E-state index contributed by atoms with van der Waals surface area (Å²) in [6, 6.07) is 0. The van der Waals surface area contributed by atoms with Crippen molar-refractivity contribution < 1.29 is 14.6 Å². The molecule has 1 heterocycles. The SMILES string of the molecule is CCOC(=O)c1c(C)sc(CC)c1O. The van der Waals surface area contributed by atoms with Crippen LogP contribution in [0.2, 0.25) is 0 Å². The van der Waals surface area contributed by atoms with Gasteiger partial charge in [-0.2, -0.15) is 0 Å². The van der Waals surface area contributed by atoms with E-state index in [1.165, 1.54) is 11.3 Å². The number of carbonyl (C=O) groups excluding carboxylic acids is 1. The average molecular weight is 214 g/mol. The highest BCUT2D eigenvalue weighted by molar-refractivity contribution is 7.12. The van der Waals surface area contributed by atoms with Crippen LogP contribution in [0.1, 0.15) is 34.0 Å². The van der Waals surface area contributed by atoms with Gasteiger partial charge >= 0.3 is 5.97 Å². The maximum Gasteiger partial charge on any atom is 0.343 e. The minimum atomic E-state index is -0.432. The molecule has 0 aliphatic carbocycles. The van der Waals surface area contributed by atoms with Gasteiger partial charge in [-0.3, -0.25) is 0 Å².